The number of rotatable bonds is 2. The van der Waals surface area contributed by atoms with Crippen LogP contribution in [-0.4, -0.2) is 35.3 Å². The zero-order chi connectivity index (χ0) is 16.0. The predicted molar refractivity (Wildman–Crippen MR) is 84.2 cm³/mol. The molecule has 8 heteroatoms. The summed E-state index contributed by atoms with van der Waals surface area (Å²) < 4.78 is 3.30. The summed E-state index contributed by atoms with van der Waals surface area (Å²) in [7, 11) is 1.80. The van der Waals surface area contributed by atoms with Gasteiger partial charge in [-0.05, 0) is 19.1 Å². The van der Waals surface area contributed by atoms with Gasteiger partial charge in [-0.15, -0.1) is 10.2 Å². The Morgan fingerprint density at radius 1 is 1.17 bits per heavy atom. The van der Waals surface area contributed by atoms with E-state index in [0.29, 0.717) is 17.4 Å². The standard InChI is InChI=1S/C15H13N7O/c1-9-7-8-22-14(16-9)18-19-15(22)17-13(23)12-10-5-3-4-6-11(10)21(2)20-12/h3-8H,1-2H3,(H,17,19,23). The molecule has 4 aromatic rings. The van der Waals surface area contributed by atoms with Gasteiger partial charge >= 0.3 is 0 Å². The van der Waals surface area contributed by atoms with Gasteiger partial charge in [0.15, 0.2) is 5.69 Å². The lowest BCUT2D eigenvalue weighted by Crippen LogP contribution is -2.15. The SMILES string of the molecule is Cc1ccn2c(NC(=O)c3nn(C)c4ccccc34)nnc2n1. The van der Waals surface area contributed by atoms with Crippen LogP contribution in [0.1, 0.15) is 16.2 Å². The largest absolute Gasteiger partial charge is 0.289 e. The summed E-state index contributed by atoms with van der Waals surface area (Å²) in [6.07, 6.45) is 1.77. The van der Waals surface area contributed by atoms with Crippen LogP contribution in [0.3, 0.4) is 0 Å². The number of anilines is 1. The quantitative estimate of drug-likeness (QED) is 0.607. The molecular formula is C15H13N7O. The van der Waals surface area contributed by atoms with Crippen LogP contribution in [0.5, 0.6) is 0 Å². The predicted octanol–water partition coefficient (Wildman–Crippen LogP) is 1.57. The van der Waals surface area contributed by atoms with Gasteiger partial charge in [0.1, 0.15) is 0 Å². The second kappa shape index (κ2) is 4.87. The Labute approximate surface area is 130 Å². The number of amides is 1. The van der Waals surface area contributed by atoms with Gasteiger partial charge in [-0.3, -0.25) is 19.2 Å². The molecule has 0 atom stereocenters. The van der Waals surface area contributed by atoms with Gasteiger partial charge in [-0.1, -0.05) is 18.2 Å². The van der Waals surface area contributed by atoms with E-state index in [1.165, 1.54) is 0 Å². The lowest BCUT2D eigenvalue weighted by Gasteiger charge is -2.01. The van der Waals surface area contributed by atoms with Gasteiger partial charge in [0.2, 0.25) is 5.95 Å². The fourth-order valence-electron chi connectivity index (χ4n) is 2.50. The molecule has 1 aromatic carbocycles. The monoisotopic (exact) mass is 307 g/mol. The highest BCUT2D eigenvalue weighted by Crippen LogP contribution is 2.18. The normalized spacial score (nSPS) is 11.2. The Morgan fingerprint density at radius 2 is 2.00 bits per heavy atom. The number of fused-ring (bicyclic) bond motifs is 2. The molecule has 3 heterocycles. The topological polar surface area (TPSA) is 90.0 Å². The number of nitrogens with one attached hydrogen (secondary N) is 1. The van der Waals surface area contributed by atoms with E-state index in [1.807, 2.05) is 37.3 Å². The van der Waals surface area contributed by atoms with Crippen LogP contribution in [0.15, 0.2) is 36.5 Å². The van der Waals surface area contributed by atoms with Crippen molar-refractivity contribution in [1.29, 1.82) is 0 Å². The zero-order valence-electron chi connectivity index (χ0n) is 12.6. The molecule has 8 nitrogen and oxygen atoms in total. The van der Waals surface area contributed by atoms with Crippen molar-refractivity contribution < 1.29 is 4.79 Å². The molecule has 3 aromatic heterocycles. The number of nitrogens with zero attached hydrogens (tertiary/aromatic N) is 6. The number of hydrogen-bond donors (Lipinski definition) is 1. The molecule has 0 saturated heterocycles. The summed E-state index contributed by atoms with van der Waals surface area (Å²) in [6, 6.07) is 9.39. The summed E-state index contributed by atoms with van der Waals surface area (Å²) in [6.45, 7) is 1.87. The van der Waals surface area contributed by atoms with Crippen molar-refractivity contribution in [2.24, 2.45) is 7.05 Å². The van der Waals surface area contributed by atoms with Crippen LogP contribution in [0, 0.1) is 6.92 Å². The van der Waals surface area contributed by atoms with E-state index in [1.54, 1.807) is 22.3 Å². The van der Waals surface area contributed by atoms with E-state index in [4.69, 9.17) is 0 Å². The van der Waals surface area contributed by atoms with Gasteiger partial charge in [0.05, 0.1) is 5.52 Å². The third-order valence-corrected chi connectivity index (χ3v) is 3.62. The molecule has 0 aliphatic carbocycles. The Hall–Kier alpha value is -3.29. The first-order chi connectivity index (χ1) is 11.1. The third-order valence-electron chi connectivity index (χ3n) is 3.62. The summed E-state index contributed by atoms with van der Waals surface area (Å²) >= 11 is 0. The van der Waals surface area contributed by atoms with Crippen molar-refractivity contribution in [3.63, 3.8) is 0 Å². The van der Waals surface area contributed by atoms with Crippen LogP contribution in [-0.2, 0) is 7.05 Å². The number of benzene rings is 1. The first-order valence-electron chi connectivity index (χ1n) is 7.05. The molecule has 0 fully saturated rings. The zero-order valence-corrected chi connectivity index (χ0v) is 12.6. The van der Waals surface area contributed by atoms with Crippen LogP contribution >= 0.6 is 0 Å². The Bertz CT molecular complexity index is 1050. The lowest BCUT2D eigenvalue weighted by molar-refractivity contribution is 0.102. The van der Waals surface area contributed by atoms with Crippen molar-refractivity contribution in [1.82, 2.24) is 29.4 Å². The maximum Gasteiger partial charge on any atom is 0.279 e. The summed E-state index contributed by atoms with van der Waals surface area (Å²) in [4.78, 5) is 16.8. The second-order valence-corrected chi connectivity index (χ2v) is 5.21. The van der Waals surface area contributed by atoms with Gasteiger partial charge in [-0.2, -0.15) is 5.10 Å². The molecule has 0 spiro atoms. The van der Waals surface area contributed by atoms with Crippen LogP contribution in [0.2, 0.25) is 0 Å². The Kier molecular flexibility index (Phi) is 2.83. The molecule has 0 aliphatic rings. The smallest absolute Gasteiger partial charge is 0.279 e. The molecule has 4 rings (SSSR count). The van der Waals surface area contributed by atoms with Gasteiger partial charge in [0.25, 0.3) is 11.7 Å². The molecule has 0 aliphatic heterocycles. The van der Waals surface area contributed by atoms with Crippen molar-refractivity contribution in [3.8, 4) is 0 Å². The lowest BCUT2D eigenvalue weighted by atomic mass is 10.2. The molecule has 1 N–H and O–H groups in total. The molecule has 1 amide bonds. The van der Waals surface area contributed by atoms with E-state index in [0.717, 1.165) is 16.6 Å². The molecular weight excluding hydrogens is 294 g/mol. The molecule has 0 bridgehead atoms. The first-order valence-corrected chi connectivity index (χ1v) is 7.05. The highest BCUT2D eigenvalue weighted by molar-refractivity contribution is 6.10. The van der Waals surface area contributed by atoms with E-state index in [-0.39, 0.29) is 5.91 Å². The molecule has 0 unspecified atom stereocenters. The van der Waals surface area contributed by atoms with Crippen LogP contribution < -0.4 is 5.32 Å². The second-order valence-electron chi connectivity index (χ2n) is 5.21. The van der Waals surface area contributed by atoms with Crippen molar-refractivity contribution >= 4 is 28.5 Å². The fraction of sp³-hybridized carbons (Fsp3) is 0.133. The maximum atomic E-state index is 12.6. The molecule has 0 saturated carbocycles. The Morgan fingerprint density at radius 3 is 2.87 bits per heavy atom. The molecule has 114 valence electrons. The maximum absolute atomic E-state index is 12.6. The summed E-state index contributed by atoms with van der Waals surface area (Å²) in [5.74, 6) is 0.412. The van der Waals surface area contributed by atoms with Crippen molar-refractivity contribution in [2.75, 3.05) is 5.32 Å². The minimum absolute atomic E-state index is 0.312. The first kappa shape index (κ1) is 13.4. The number of aromatic nitrogens is 6. The highest BCUT2D eigenvalue weighted by atomic mass is 16.2. The highest BCUT2D eigenvalue weighted by Gasteiger charge is 2.18. The third kappa shape index (κ3) is 2.11. The molecule has 0 radical (unpaired) electrons. The summed E-state index contributed by atoms with van der Waals surface area (Å²) in [5, 5.41) is 15.8. The van der Waals surface area contributed by atoms with Crippen LogP contribution in [0.4, 0.5) is 5.95 Å². The average Bonchev–Trinajstić information content (AvgIpc) is 3.09. The van der Waals surface area contributed by atoms with E-state index in [9.17, 15) is 4.79 Å². The number of para-hydroxylation sites is 1. The van der Waals surface area contributed by atoms with Crippen molar-refractivity contribution in [2.45, 2.75) is 6.92 Å². The minimum atomic E-state index is -0.336. The van der Waals surface area contributed by atoms with Crippen LogP contribution in [0.25, 0.3) is 16.7 Å². The van der Waals surface area contributed by atoms with E-state index >= 15 is 0 Å². The fourth-order valence-corrected chi connectivity index (χ4v) is 2.50. The van der Waals surface area contributed by atoms with Crippen molar-refractivity contribution in [3.05, 3.63) is 47.9 Å². The van der Waals surface area contributed by atoms with Gasteiger partial charge < -0.3 is 0 Å². The van der Waals surface area contributed by atoms with E-state index < -0.39 is 0 Å². The Balaban J connectivity index is 1.74. The average molecular weight is 307 g/mol. The number of hydrogen-bond acceptors (Lipinski definition) is 5. The summed E-state index contributed by atoms with van der Waals surface area (Å²) in [5.41, 5.74) is 2.07. The number of carbonyl (C=O) groups is 1. The molecule has 23 heavy (non-hydrogen) atoms. The van der Waals surface area contributed by atoms with E-state index in [2.05, 4.69) is 25.6 Å². The number of carbonyl (C=O) groups excluding carboxylic acids is 1. The minimum Gasteiger partial charge on any atom is -0.289 e. The van der Waals surface area contributed by atoms with Gasteiger partial charge in [0, 0.05) is 24.3 Å². The van der Waals surface area contributed by atoms with Gasteiger partial charge in [-0.25, -0.2) is 4.98 Å². The number of aryl methyl sites for hydroxylation is 2.